The summed E-state index contributed by atoms with van der Waals surface area (Å²) >= 11 is 0. The van der Waals surface area contributed by atoms with E-state index in [-0.39, 0.29) is 11.4 Å². The quantitative estimate of drug-likeness (QED) is 0.784. The van der Waals surface area contributed by atoms with Crippen LogP contribution in [0, 0.1) is 5.82 Å². The third-order valence-electron chi connectivity index (χ3n) is 4.48. The number of benzene rings is 1. The first kappa shape index (κ1) is 17.1. The van der Waals surface area contributed by atoms with Crippen molar-refractivity contribution in [2.75, 3.05) is 20.6 Å². The molecule has 1 aromatic rings. The van der Waals surface area contributed by atoms with Crippen LogP contribution in [0.4, 0.5) is 4.39 Å². The van der Waals surface area contributed by atoms with Gasteiger partial charge in [-0.3, -0.25) is 0 Å². The van der Waals surface area contributed by atoms with Gasteiger partial charge in [-0.15, -0.1) is 0 Å². The molecular formula is C17H29FN2. The highest BCUT2D eigenvalue weighted by molar-refractivity contribution is 5.18. The van der Waals surface area contributed by atoms with Gasteiger partial charge < -0.3 is 10.2 Å². The van der Waals surface area contributed by atoms with Gasteiger partial charge >= 0.3 is 0 Å². The zero-order chi connectivity index (χ0) is 15.2. The van der Waals surface area contributed by atoms with E-state index in [0.29, 0.717) is 6.04 Å². The summed E-state index contributed by atoms with van der Waals surface area (Å²) in [6.07, 6.45) is 3.11. The van der Waals surface area contributed by atoms with Crippen molar-refractivity contribution in [1.82, 2.24) is 10.2 Å². The van der Waals surface area contributed by atoms with E-state index in [1.807, 2.05) is 12.1 Å². The third kappa shape index (κ3) is 4.29. The molecule has 1 N–H and O–H groups in total. The van der Waals surface area contributed by atoms with E-state index in [9.17, 15) is 4.39 Å². The summed E-state index contributed by atoms with van der Waals surface area (Å²) in [4.78, 5) is 2.30. The standard InChI is InChI=1S/C17H29FN2/c1-6-12-19-16(17(3,7-2)20(4)5)13-14-8-10-15(18)11-9-14/h8-11,16,19H,6-7,12-13H2,1-5H3. The van der Waals surface area contributed by atoms with Crippen LogP contribution in [0.1, 0.15) is 39.2 Å². The maximum absolute atomic E-state index is 13.0. The van der Waals surface area contributed by atoms with Crippen LogP contribution in [0.15, 0.2) is 24.3 Å². The molecule has 2 nitrogen and oxygen atoms in total. The average molecular weight is 280 g/mol. The van der Waals surface area contributed by atoms with Crippen LogP contribution >= 0.6 is 0 Å². The minimum absolute atomic E-state index is 0.0869. The second-order valence-electron chi connectivity index (χ2n) is 5.94. The molecule has 1 aromatic carbocycles. The number of hydrogen-bond donors (Lipinski definition) is 1. The minimum Gasteiger partial charge on any atom is -0.312 e. The van der Waals surface area contributed by atoms with Gasteiger partial charge in [-0.1, -0.05) is 26.0 Å². The molecule has 0 radical (unpaired) electrons. The maximum Gasteiger partial charge on any atom is 0.123 e. The second kappa shape index (κ2) is 7.75. The van der Waals surface area contributed by atoms with Crippen molar-refractivity contribution in [3.8, 4) is 0 Å². The van der Waals surface area contributed by atoms with Gasteiger partial charge in [0.25, 0.3) is 0 Å². The number of nitrogens with one attached hydrogen (secondary N) is 1. The summed E-state index contributed by atoms with van der Waals surface area (Å²) < 4.78 is 13.0. The average Bonchev–Trinajstić information content (AvgIpc) is 2.44. The monoisotopic (exact) mass is 280 g/mol. The Morgan fingerprint density at radius 2 is 1.80 bits per heavy atom. The van der Waals surface area contributed by atoms with Crippen molar-refractivity contribution in [2.45, 2.75) is 51.6 Å². The van der Waals surface area contributed by atoms with E-state index < -0.39 is 0 Å². The molecule has 3 heteroatoms. The summed E-state index contributed by atoms with van der Waals surface area (Å²) in [6, 6.07) is 7.23. The van der Waals surface area contributed by atoms with Gasteiger partial charge in [0.2, 0.25) is 0 Å². The fourth-order valence-electron chi connectivity index (χ4n) is 2.56. The molecule has 114 valence electrons. The van der Waals surface area contributed by atoms with E-state index in [0.717, 1.165) is 25.8 Å². The molecule has 0 bridgehead atoms. The Labute approximate surface area is 123 Å². The van der Waals surface area contributed by atoms with Crippen LogP contribution in [0.3, 0.4) is 0 Å². The number of hydrogen-bond acceptors (Lipinski definition) is 2. The van der Waals surface area contributed by atoms with Crippen molar-refractivity contribution >= 4 is 0 Å². The van der Waals surface area contributed by atoms with Crippen molar-refractivity contribution < 1.29 is 4.39 Å². The number of likely N-dealkylation sites (N-methyl/N-ethyl adjacent to an activating group) is 1. The zero-order valence-corrected chi connectivity index (χ0v) is 13.5. The predicted octanol–water partition coefficient (Wildman–Crippen LogP) is 3.47. The van der Waals surface area contributed by atoms with Crippen LogP contribution in [0.2, 0.25) is 0 Å². The molecule has 1 rings (SSSR count). The summed E-state index contributed by atoms with van der Waals surface area (Å²) in [5.41, 5.74) is 1.27. The fraction of sp³-hybridized carbons (Fsp3) is 0.647. The van der Waals surface area contributed by atoms with Crippen LogP contribution in [0.5, 0.6) is 0 Å². The summed E-state index contributed by atoms with van der Waals surface area (Å²) in [7, 11) is 4.27. The maximum atomic E-state index is 13.0. The van der Waals surface area contributed by atoms with Crippen molar-refractivity contribution in [2.24, 2.45) is 0 Å². The Kier molecular flexibility index (Phi) is 6.63. The lowest BCUT2D eigenvalue weighted by molar-refractivity contribution is 0.112. The second-order valence-corrected chi connectivity index (χ2v) is 5.94. The summed E-state index contributed by atoms with van der Waals surface area (Å²) in [6.45, 7) is 7.71. The van der Waals surface area contributed by atoms with E-state index in [1.54, 1.807) is 12.1 Å². The van der Waals surface area contributed by atoms with Gasteiger partial charge in [0.1, 0.15) is 5.82 Å². The van der Waals surface area contributed by atoms with Gasteiger partial charge in [0, 0.05) is 11.6 Å². The van der Waals surface area contributed by atoms with Gasteiger partial charge in [0.15, 0.2) is 0 Å². The molecule has 0 aromatic heterocycles. The number of rotatable bonds is 8. The van der Waals surface area contributed by atoms with Crippen molar-refractivity contribution in [3.05, 3.63) is 35.6 Å². The minimum atomic E-state index is -0.169. The first-order valence-electron chi connectivity index (χ1n) is 7.59. The van der Waals surface area contributed by atoms with Gasteiger partial charge in [0.05, 0.1) is 0 Å². The highest BCUT2D eigenvalue weighted by Gasteiger charge is 2.34. The largest absolute Gasteiger partial charge is 0.312 e. The molecule has 0 aliphatic rings. The lowest BCUT2D eigenvalue weighted by Crippen LogP contribution is -2.57. The Hall–Kier alpha value is -0.930. The Morgan fingerprint density at radius 3 is 2.25 bits per heavy atom. The molecule has 2 unspecified atom stereocenters. The van der Waals surface area contributed by atoms with Crippen LogP contribution in [-0.4, -0.2) is 37.1 Å². The van der Waals surface area contributed by atoms with Crippen LogP contribution < -0.4 is 5.32 Å². The smallest absolute Gasteiger partial charge is 0.123 e. The Bertz CT molecular complexity index is 388. The van der Waals surface area contributed by atoms with E-state index in [4.69, 9.17) is 0 Å². The van der Waals surface area contributed by atoms with Crippen LogP contribution in [0.25, 0.3) is 0 Å². The Morgan fingerprint density at radius 1 is 1.20 bits per heavy atom. The first-order valence-corrected chi connectivity index (χ1v) is 7.59. The van der Waals surface area contributed by atoms with Crippen LogP contribution in [-0.2, 0) is 6.42 Å². The number of nitrogens with zero attached hydrogens (tertiary/aromatic N) is 1. The van der Waals surface area contributed by atoms with E-state index >= 15 is 0 Å². The topological polar surface area (TPSA) is 15.3 Å². The Balaban J connectivity index is 2.90. The normalized spacial score (nSPS) is 16.1. The lowest BCUT2D eigenvalue weighted by atomic mass is 9.84. The molecule has 0 aliphatic heterocycles. The summed E-state index contributed by atoms with van der Waals surface area (Å²) in [5.74, 6) is -0.169. The van der Waals surface area contributed by atoms with Gasteiger partial charge in [-0.2, -0.15) is 0 Å². The third-order valence-corrected chi connectivity index (χ3v) is 4.48. The fourth-order valence-corrected chi connectivity index (χ4v) is 2.56. The van der Waals surface area contributed by atoms with Gasteiger partial charge in [-0.05, 0) is 64.5 Å². The first-order chi connectivity index (χ1) is 9.43. The number of halogens is 1. The van der Waals surface area contributed by atoms with Crippen molar-refractivity contribution in [3.63, 3.8) is 0 Å². The molecule has 0 amide bonds. The molecule has 0 spiro atoms. The zero-order valence-electron chi connectivity index (χ0n) is 13.5. The summed E-state index contributed by atoms with van der Waals surface area (Å²) in [5, 5.41) is 3.67. The SMILES string of the molecule is CCCNC(Cc1ccc(F)cc1)C(C)(CC)N(C)C. The van der Waals surface area contributed by atoms with E-state index in [1.165, 1.54) is 5.56 Å². The molecule has 0 heterocycles. The molecule has 0 fully saturated rings. The molecular weight excluding hydrogens is 251 g/mol. The molecule has 2 atom stereocenters. The predicted molar refractivity (Wildman–Crippen MR) is 84.6 cm³/mol. The highest BCUT2D eigenvalue weighted by Crippen LogP contribution is 2.24. The van der Waals surface area contributed by atoms with Gasteiger partial charge in [-0.25, -0.2) is 4.39 Å². The molecule has 0 aliphatic carbocycles. The molecule has 0 saturated heterocycles. The van der Waals surface area contributed by atoms with E-state index in [2.05, 4.69) is 45.1 Å². The molecule has 0 saturated carbocycles. The lowest BCUT2D eigenvalue weighted by Gasteiger charge is -2.43. The van der Waals surface area contributed by atoms with Crippen molar-refractivity contribution in [1.29, 1.82) is 0 Å². The molecule has 20 heavy (non-hydrogen) atoms. The highest BCUT2D eigenvalue weighted by atomic mass is 19.1.